The lowest BCUT2D eigenvalue weighted by molar-refractivity contribution is -0.123. The molecule has 0 spiro atoms. The number of para-hydroxylation sites is 1. The summed E-state index contributed by atoms with van der Waals surface area (Å²) < 4.78 is 31.2. The van der Waals surface area contributed by atoms with Gasteiger partial charge in [-0.3, -0.25) is 4.79 Å². The van der Waals surface area contributed by atoms with Gasteiger partial charge in [-0.25, -0.2) is 13.6 Å². The quantitative estimate of drug-likeness (QED) is 0.867. The van der Waals surface area contributed by atoms with Crippen LogP contribution in [-0.2, 0) is 9.53 Å². The lowest BCUT2D eigenvalue weighted by atomic mass is 10.1. The average molecular weight is 333 g/mol. The minimum absolute atomic E-state index is 0.292. The molecule has 2 rings (SSSR count). The molecule has 1 N–H and O–H groups in total. The first kappa shape index (κ1) is 17.6. The number of carbonyl (C=O) groups excluding carboxylic acids is 2. The Morgan fingerprint density at radius 3 is 2.12 bits per heavy atom. The maximum Gasteiger partial charge on any atom is 0.339 e. The van der Waals surface area contributed by atoms with Gasteiger partial charge >= 0.3 is 5.97 Å². The molecule has 1 amide bonds. The molecule has 0 saturated heterocycles. The van der Waals surface area contributed by atoms with Gasteiger partial charge in [-0.15, -0.1) is 0 Å². The van der Waals surface area contributed by atoms with E-state index in [-0.39, 0.29) is 5.56 Å². The highest BCUT2D eigenvalue weighted by atomic mass is 19.1. The van der Waals surface area contributed by atoms with Gasteiger partial charge in [0.15, 0.2) is 6.10 Å². The Labute approximate surface area is 138 Å². The van der Waals surface area contributed by atoms with Crippen LogP contribution in [0, 0.1) is 25.5 Å². The van der Waals surface area contributed by atoms with Crippen LogP contribution in [-0.4, -0.2) is 18.0 Å². The van der Waals surface area contributed by atoms with Gasteiger partial charge in [-0.2, -0.15) is 0 Å². The topological polar surface area (TPSA) is 55.4 Å². The van der Waals surface area contributed by atoms with Crippen LogP contribution in [0.5, 0.6) is 0 Å². The Morgan fingerprint density at radius 1 is 1.04 bits per heavy atom. The number of esters is 1. The zero-order valence-corrected chi connectivity index (χ0v) is 13.5. The first-order valence-electron chi connectivity index (χ1n) is 7.32. The predicted molar refractivity (Wildman–Crippen MR) is 85.8 cm³/mol. The SMILES string of the molecule is Cc1cccc(C)c1NC(=O)[C@@H](C)OC(=O)c1cc(F)cc(F)c1. The number of halogens is 2. The summed E-state index contributed by atoms with van der Waals surface area (Å²) in [5, 5.41) is 2.69. The van der Waals surface area contributed by atoms with Gasteiger partial charge in [-0.1, -0.05) is 18.2 Å². The summed E-state index contributed by atoms with van der Waals surface area (Å²) in [4.78, 5) is 24.1. The molecule has 0 aromatic heterocycles. The maximum absolute atomic E-state index is 13.1. The first-order chi connectivity index (χ1) is 11.3. The molecule has 0 heterocycles. The second-order valence-electron chi connectivity index (χ2n) is 5.46. The third-order valence-electron chi connectivity index (χ3n) is 3.48. The van der Waals surface area contributed by atoms with Crippen LogP contribution in [0.1, 0.15) is 28.4 Å². The van der Waals surface area contributed by atoms with Crippen molar-refractivity contribution in [3.05, 3.63) is 64.7 Å². The number of benzene rings is 2. The third-order valence-corrected chi connectivity index (χ3v) is 3.48. The highest BCUT2D eigenvalue weighted by Gasteiger charge is 2.21. The fourth-order valence-electron chi connectivity index (χ4n) is 2.19. The molecule has 0 fully saturated rings. The van der Waals surface area contributed by atoms with Gasteiger partial charge in [0, 0.05) is 11.8 Å². The highest BCUT2D eigenvalue weighted by molar-refractivity contribution is 5.98. The van der Waals surface area contributed by atoms with Crippen molar-refractivity contribution in [1.82, 2.24) is 0 Å². The normalized spacial score (nSPS) is 11.7. The van der Waals surface area contributed by atoms with Gasteiger partial charge in [0.1, 0.15) is 11.6 Å². The zero-order valence-electron chi connectivity index (χ0n) is 13.5. The number of rotatable bonds is 4. The van der Waals surface area contributed by atoms with Crippen LogP contribution in [0.2, 0.25) is 0 Å². The fourth-order valence-corrected chi connectivity index (χ4v) is 2.19. The first-order valence-corrected chi connectivity index (χ1v) is 7.32. The molecule has 0 saturated carbocycles. The Balaban J connectivity index is 2.07. The summed E-state index contributed by atoms with van der Waals surface area (Å²) in [5.41, 5.74) is 2.09. The predicted octanol–water partition coefficient (Wildman–Crippen LogP) is 3.77. The summed E-state index contributed by atoms with van der Waals surface area (Å²) in [6.07, 6.45) is -1.12. The van der Waals surface area contributed by atoms with E-state index in [9.17, 15) is 18.4 Å². The van der Waals surface area contributed by atoms with Crippen molar-refractivity contribution in [3.8, 4) is 0 Å². The van der Waals surface area contributed by atoms with Crippen molar-refractivity contribution in [2.24, 2.45) is 0 Å². The second kappa shape index (κ2) is 7.21. The van der Waals surface area contributed by atoms with Crippen LogP contribution < -0.4 is 5.32 Å². The molecular formula is C18H17F2NO3. The van der Waals surface area contributed by atoms with E-state index in [0.29, 0.717) is 11.8 Å². The monoisotopic (exact) mass is 333 g/mol. The number of hydrogen-bond donors (Lipinski definition) is 1. The van der Waals surface area contributed by atoms with Gasteiger partial charge in [-0.05, 0) is 44.0 Å². The molecule has 0 radical (unpaired) electrons. The number of anilines is 1. The van der Waals surface area contributed by atoms with E-state index < -0.39 is 29.6 Å². The fraction of sp³-hybridized carbons (Fsp3) is 0.222. The number of amides is 1. The van der Waals surface area contributed by atoms with Crippen molar-refractivity contribution in [2.75, 3.05) is 5.32 Å². The standard InChI is InChI=1S/C18H17F2NO3/c1-10-5-4-6-11(2)16(10)21-17(22)12(3)24-18(23)13-7-14(19)9-15(20)8-13/h4-9,12H,1-3H3,(H,21,22)/t12-/m1/s1. The van der Waals surface area contributed by atoms with Crippen LogP contribution in [0.15, 0.2) is 36.4 Å². The minimum Gasteiger partial charge on any atom is -0.449 e. The smallest absolute Gasteiger partial charge is 0.339 e. The van der Waals surface area contributed by atoms with E-state index in [4.69, 9.17) is 4.74 Å². The highest BCUT2D eigenvalue weighted by Crippen LogP contribution is 2.20. The van der Waals surface area contributed by atoms with Crippen molar-refractivity contribution >= 4 is 17.6 Å². The molecule has 0 bridgehead atoms. The Morgan fingerprint density at radius 2 is 1.58 bits per heavy atom. The maximum atomic E-state index is 13.1. The summed E-state index contributed by atoms with van der Waals surface area (Å²) in [6.45, 7) is 5.07. The van der Waals surface area contributed by atoms with Crippen LogP contribution in [0.4, 0.5) is 14.5 Å². The van der Waals surface area contributed by atoms with Crippen molar-refractivity contribution in [1.29, 1.82) is 0 Å². The Bertz CT molecular complexity index is 749. The van der Waals surface area contributed by atoms with E-state index in [1.807, 2.05) is 32.0 Å². The van der Waals surface area contributed by atoms with E-state index >= 15 is 0 Å². The summed E-state index contributed by atoms with van der Waals surface area (Å²) in [6, 6.07) is 7.89. The number of hydrogen-bond acceptors (Lipinski definition) is 3. The lowest BCUT2D eigenvalue weighted by Gasteiger charge is -2.16. The number of nitrogens with one attached hydrogen (secondary N) is 1. The van der Waals surface area contributed by atoms with E-state index in [1.165, 1.54) is 6.92 Å². The number of carbonyl (C=O) groups is 2. The van der Waals surface area contributed by atoms with E-state index in [2.05, 4.69) is 5.32 Å². The van der Waals surface area contributed by atoms with Gasteiger partial charge < -0.3 is 10.1 Å². The van der Waals surface area contributed by atoms with Crippen molar-refractivity contribution in [3.63, 3.8) is 0 Å². The molecule has 0 aliphatic heterocycles. The summed E-state index contributed by atoms with van der Waals surface area (Å²) in [5.74, 6) is -3.29. The van der Waals surface area contributed by atoms with Gasteiger partial charge in [0.2, 0.25) is 0 Å². The summed E-state index contributed by atoms with van der Waals surface area (Å²) >= 11 is 0. The molecule has 24 heavy (non-hydrogen) atoms. The van der Waals surface area contributed by atoms with Crippen LogP contribution in [0.3, 0.4) is 0 Å². The molecule has 126 valence electrons. The molecule has 0 unspecified atom stereocenters. The van der Waals surface area contributed by atoms with Crippen LogP contribution in [0.25, 0.3) is 0 Å². The van der Waals surface area contributed by atoms with E-state index in [1.54, 1.807) is 0 Å². The zero-order chi connectivity index (χ0) is 17.9. The molecule has 6 heteroatoms. The van der Waals surface area contributed by atoms with Gasteiger partial charge in [0.25, 0.3) is 5.91 Å². The Kier molecular flexibility index (Phi) is 5.28. The largest absolute Gasteiger partial charge is 0.449 e. The third kappa shape index (κ3) is 4.16. The molecule has 2 aromatic rings. The van der Waals surface area contributed by atoms with E-state index in [0.717, 1.165) is 23.3 Å². The molecule has 0 aliphatic carbocycles. The molecule has 1 atom stereocenters. The number of ether oxygens (including phenoxy) is 1. The Hall–Kier alpha value is -2.76. The van der Waals surface area contributed by atoms with Gasteiger partial charge in [0.05, 0.1) is 5.56 Å². The average Bonchev–Trinajstić information content (AvgIpc) is 2.49. The van der Waals surface area contributed by atoms with Crippen molar-refractivity contribution in [2.45, 2.75) is 26.9 Å². The lowest BCUT2D eigenvalue weighted by Crippen LogP contribution is -2.30. The van der Waals surface area contributed by atoms with Crippen LogP contribution >= 0.6 is 0 Å². The minimum atomic E-state index is -1.12. The molecule has 0 aliphatic rings. The summed E-state index contributed by atoms with van der Waals surface area (Å²) in [7, 11) is 0. The van der Waals surface area contributed by atoms with Crippen molar-refractivity contribution < 1.29 is 23.1 Å². The molecular weight excluding hydrogens is 316 g/mol. The second-order valence-corrected chi connectivity index (χ2v) is 5.46. The number of aryl methyl sites for hydroxylation is 2. The molecule has 4 nitrogen and oxygen atoms in total. The molecule has 2 aromatic carbocycles.